The Bertz CT molecular complexity index is 488. The average molecular weight is 290 g/mol. The molecule has 1 saturated heterocycles. The molecule has 1 unspecified atom stereocenters. The highest BCUT2D eigenvalue weighted by atomic mass is 19.1. The van der Waals surface area contributed by atoms with Crippen LogP contribution in [-0.2, 0) is 0 Å². The van der Waals surface area contributed by atoms with Gasteiger partial charge < -0.3 is 5.73 Å². The predicted octanol–water partition coefficient (Wildman–Crippen LogP) is 3.93. The molecule has 116 valence electrons. The van der Waals surface area contributed by atoms with Crippen molar-refractivity contribution in [2.75, 3.05) is 13.1 Å². The third-order valence-corrected chi connectivity index (χ3v) is 5.61. The lowest BCUT2D eigenvalue weighted by molar-refractivity contribution is 0.0475. The zero-order chi connectivity index (χ0) is 14.9. The molecule has 1 aliphatic heterocycles. The van der Waals surface area contributed by atoms with Crippen LogP contribution in [0.25, 0.3) is 0 Å². The summed E-state index contributed by atoms with van der Waals surface area (Å²) >= 11 is 0. The second kappa shape index (κ2) is 6.05. The highest BCUT2D eigenvalue weighted by molar-refractivity contribution is 5.32. The van der Waals surface area contributed by atoms with Crippen LogP contribution >= 0.6 is 0 Å². The molecule has 1 aromatic rings. The van der Waals surface area contributed by atoms with Crippen LogP contribution in [-0.4, -0.2) is 23.5 Å². The van der Waals surface area contributed by atoms with Gasteiger partial charge in [0, 0.05) is 11.6 Å². The number of nitrogens with two attached hydrogens (primary N) is 1. The first-order valence-corrected chi connectivity index (χ1v) is 8.40. The molecule has 1 aliphatic carbocycles. The van der Waals surface area contributed by atoms with Gasteiger partial charge in [0.05, 0.1) is 0 Å². The maximum atomic E-state index is 13.7. The van der Waals surface area contributed by atoms with Gasteiger partial charge in [-0.2, -0.15) is 0 Å². The lowest BCUT2D eigenvalue weighted by atomic mass is 9.80. The maximum absolute atomic E-state index is 13.7. The van der Waals surface area contributed by atoms with Crippen LogP contribution < -0.4 is 5.73 Å². The molecule has 3 rings (SSSR count). The lowest BCUT2D eigenvalue weighted by Gasteiger charge is -2.47. The molecule has 0 amide bonds. The summed E-state index contributed by atoms with van der Waals surface area (Å²) in [5.41, 5.74) is 8.90. The Kier molecular flexibility index (Phi) is 4.32. The summed E-state index contributed by atoms with van der Waals surface area (Å²) < 4.78 is 13.7. The SMILES string of the molecule is Cc1ccc(F)cc1C(N)C1(N2CCCCC2)CCCC1. The largest absolute Gasteiger partial charge is 0.322 e. The van der Waals surface area contributed by atoms with Gasteiger partial charge >= 0.3 is 0 Å². The summed E-state index contributed by atoms with van der Waals surface area (Å²) in [5.74, 6) is -0.169. The summed E-state index contributed by atoms with van der Waals surface area (Å²) in [6.07, 6.45) is 8.69. The second-order valence-electron chi connectivity index (χ2n) is 6.84. The number of hydrogen-bond acceptors (Lipinski definition) is 2. The van der Waals surface area contributed by atoms with Crippen LogP contribution in [0.3, 0.4) is 0 Å². The number of hydrogen-bond donors (Lipinski definition) is 1. The van der Waals surface area contributed by atoms with E-state index in [1.54, 1.807) is 6.07 Å². The number of aryl methyl sites for hydroxylation is 1. The third kappa shape index (κ3) is 2.74. The number of piperidine rings is 1. The number of nitrogens with zero attached hydrogens (tertiary/aromatic N) is 1. The Morgan fingerprint density at radius 3 is 2.43 bits per heavy atom. The van der Waals surface area contributed by atoms with Gasteiger partial charge in [0.1, 0.15) is 5.82 Å². The van der Waals surface area contributed by atoms with E-state index in [-0.39, 0.29) is 17.4 Å². The molecule has 2 N–H and O–H groups in total. The molecule has 1 saturated carbocycles. The molecule has 0 spiro atoms. The molecule has 2 fully saturated rings. The highest BCUT2D eigenvalue weighted by Crippen LogP contribution is 2.45. The smallest absolute Gasteiger partial charge is 0.123 e. The average Bonchev–Trinajstić information content (AvgIpc) is 3.01. The van der Waals surface area contributed by atoms with Crippen LogP contribution in [0, 0.1) is 12.7 Å². The zero-order valence-electron chi connectivity index (χ0n) is 13.1. The van der Waals surface area contributed by atoms with E-state index in [2.05, 4.69) is 4.90 Å². The van der Waals surface area contributed by atoms with Crippen molar-refractivity contribution >= 4 is 0 Å². The van der Waals surface area contributed by atoms with Crippen molar-refractivity contribution in [1.29, 1.82) is 0 Å². The molecule has 0 aromatic heterocycles. The summed E-state index contributed by atoms with van der Waals surface area (Å²) in [6.45, 7) is 4.36. The molecule has 2 nitrogen and oxygen atoms in total. The fourth-order valence-electron chi connectivity index (χ4n) is 4.39. The molecule has 3 heteroatoms. The third-order valence-electron chi connectivity index (χ3n) is 5.61. The van der Waals surface area contributed by atoms with E-state index in [0.29, 0.717) is 0 Å². The summed E-state index contributed by atoms with van der Waals surface area (Å²) in [4.78, 5) is 2.62. The van der Waals surface area contributed by atoms with Gasteiger partial charge in [-0.25, -0.2) is 4.39 Å². The fourth-order valence-corrected chi connectivity index (χ4v) is 4.39. The lowest BCUT2D eigenvalue weighted by Crippen LogP contribution is -2.55. The van der Waals surface area contributed by atoms with Crippen molar-refractivity contribution in [3.63, 3.8) is 0 Å². The number of benzene rings is 1. The number of likely N-dealkylation sites (tertiary alicyclic amines) is 1. The normalized spacial score (nSPS) is 24.1. The first-order chi connectivity index (χ1) is 10.1. The summed E-state index contributed by atoms with van der Waals surface area (Å²) in [7, 11) is 0. The van der Waals surface area contributed by atoms with E-state index in [1.165, 1.54) is 38.2 Å². The molecule has 0 bridgehead atoms. The van der Waals surface area contributed by atoms with Crippen molar-refractivity contribution in [2.24, 2.45) is 5.73 Å². The first kappa shape index (κ1) is 15.0. The molecule has 21 heavy (non-hydrogen) atoms. The van der Waals surface area contributed by atoms with E-state index in [0.717, 1.165) is 37.1 Å². The van der Waals surface area contributed by atoms with E-state index >= 15 is 0 Å². The molecule has 1 atom stereocenters. The second-order valence-corrected chi connectivity index (χ2v) is 6.84. The van der Waals surface area contributed by atoms with Crippen molar-refractivity contribution in [3.8, 4) is 0 Å². The molecule has 1 aromatic carbocycles. The Morgan fingerprint density at radius 1 is 1.10 bits per heavy atom. The van der Waals surface area contributed by atoms with E-state index in [4.69, 9.17) is 5.73 Å². The maximum Gasteiger partial charge on any atom is 0.123 e. The number of rotatable bonds is 3. The Morgan fingerprint density at radius 2 is 1.76 bits per heavy atom. The molecular weight excluding hydrogens is 263 g/mol. The van der Waals surface area contributed by atoms with Gasteiger partial charge in [-0.05, 0) is 69.0 Å². The topological polar surface area (TPSA) is 29.3 Å². The monoisotopic (exact) mass is 290 g/mol. The summed E-state index contributed by atoms with van der Waals surface area (Å²) in [6, 6.07) is 4.98. The van der Waals surface area contributed by atoms with E-state index in [9.17, 15) is 4.39 Å². The van der Waals surface area contributed by atoms with Crippen LogP contribution in [0.4, 0.5) is 4.39 Å². The summed E-state index contributed by atoms with van der Waals surface area (Å²) in [5, 5.41) is 0. The van der Waals surface area contributed by atoms with Crippen molar-refractivity contribution < 1.29 is 4.39 Å². The van der Waals surface area contributed by atoms with Gasteiger partial charge in [-0.15, -0.1) is 0 Å². The Hall–Kier alpha value is -0.930. The van der Waals surface area contributed by atoms with Crippen LogP contribution in [0.2, 0.25) is 0 Å². The van der Waals surface area contributed by atoms with Crippen molar-refractivity contribution in [1.82, 2.24) is 4.90 Å². The fraction of sp³-hybridized carbons (Fsp3) is 0.667. The van der Waals surface area contributed by atoms with E-state index < -0.39 is 0 Å². The van der Waals surface area contributed by atoms with Gasteiger partial charge in [-0.1, -0.05) is 25.3 Å². The number of halogens is 1. The minimum absolute atomic E-state index is 0.0545. The minimum atomic E-state index is -0.169. The van der Waals surface area contributed by atoms with Crippen molar-refractivity contribution in [2.45, 2.75) is 63.5 Å². The molecular formula is C18H27FN2. The van der Waals surface area contributed by atoms with Crippen LogP contribution in [0.15, 0.2) is 18.2 Å². The molecule has 2 aliphatic rings. The highest BCUT2D eigenvalue weighted by Gasteiger charge is 2.45. The molecule has 1 heterocycles. The van der Waals surface area contributed by atoms with Crippen molar-refractivity contribution in [3.05, 3.63) is 35.1 Å². The first-order valence-electron chi connectivity index (χ1n) is 8.40. The molecule has 0 radical (unpaired) electrons. The Balaban J connectivity index is 1.94. The standard InChI is InChI=1S/C18H27FN2/c1-14-7-8-15(19)13-16(14)17(20)18(9-3-4-10-18)21-11-5-2-6-12-21/h7-8,13,17H,2-6,9-12,20H2,1H3. The van der Waals surface area contributed by atoms with Gasteiger partial charge in [0.25, 0.3) is 0 Å². The zero-order valence-corrected chi connectivity index (χ0v) is 13.1. The van der Waals surface area contributed by atoms with E-state index in [1.807, 2.05) is 13.0 Å². The van der Waals surface area contributed by atoms with Gasteiger partial charge in [0.15, 0.2) is 0 Å². The van der Waals surface area contributed by atoms with Gasteiger partial charge in [0.2, 0.25) is 0 Å². The predicted molar refractivity (Wildman–Crippen MR) is 84.7 cm³/mol. The Labute approximate surface area is 127 Å². The minimum Gasteiger partial charge on any atom is -0.322 e. The van der Waals surface area contributed by atoms with Crippen LogP contribution in [0.1, 0.15) is 62.1 Å². The quantitative estimate of drug-likeness (QED) is 0.914. The van der Waals surface area contributed by atoms with Crippen LogP contribution in [0.5, 0.6) is 0 Å². The van der Waals surface area contributed by atoms with Gasteiger partial charge in [-0.3, -0.25) is 4.90 Å².